The lowest BCUT2D eigenvalue weighted by Crippen LogP contribution is -2.63. The van der Waals surface area contributed by atoms with Crippen molar-refractivity contribution in [3.63, 3.8) is 0 Å². The van der Waals surface area contributed by atoms with Gasteiger partial charge in [-0.05, 0) is 12.1 Å². The van der Waals surface area contributed by atoms with Crippen LogP contribution < -0.4 is 0 Å². The van der Waals surface area contributed by atoms with E-state index in [1.54, 1.807) is 24.3 Å². The Morgan fingerprint density at radius 3 is 2.17 bits per heavy atom. The average molecular weight is 411 g/mol. The van der Waals surface area contributed by atoms with Gasteiger partial charge >= 0.3 is 0 Å². The van der Waals surface area contributed by atoms with E-state index in [2.05, 4.69) is 0 Å². The number of rotatable bonds is 3. The zero-order chi connectivity index (χ0) is 20.8. The molecule has 0 aromatic heterocycles. The van der Waals surface area contributed by atoms with Gasteiger partial charge in [0.25, 0.3) is 11.8 Å². The minimum atomic E-state index is -1.33. The van der Waals surface area contributed by atoms with Crippen LogP contribution in [0.2, 0.25) is 0 Å². The molecule has 8 nitrogen and oxygen atoms in total. The molecule has 6 atom stereocenters. The normalized spacial score (nSPS) is 33.3. The van der Waals surface area contributed by atoms with Gasteiger partial charge in [-0.2, -0.15) is 0 Å². The molecule has 0 radical (unpaired) electrons. The van der Waals surface area contributed by atoms with Crippen molar-refractivity contribution in [1.29, 1.82) is 0 Å². The topological polar surface area (TPSA) is 106 Å². The fourth-order valence-electron chi connectivity index (χ4n) is 4.20. The second kappa shape index (κ2) is 7.57. The number of amides is 2. The number of imide groups is 1. The summed E-state index contributed by atoms with van der Waals surface area (Å²) in [6.45, 7) is -0.0253. The largest absolute Gasteiger partial charge is 0.388 e. The molecule has 0 aliphatic carbocycles. The van der Waals surface area contributed by atoms with E-state index >= 15 is 0 Å². The first-order valence-electron chi connectivity index (χ1n) is 9.83. The first-order chi connectivity index (χ1) is 14.5. The highest BCUT2D eigenvalue weighted by Gasteiger charge is 2.50. The third-order valence-corrected chi connectivity index (χ3v) is 5.79. The Bertz CT molecular complexity index is 928. The van der Waals surface area contributed by atoms with E-state index in [-0.39, 0.29) is 13.2 Å². The number of aliphatic hydroxyl groups is 2. The van der Waals surface area contributed by atoms with Gasteiger partial charge in [0.2, 0.25) is 0 Å². The van der Waals surface area contributed by atoms with Crippen LogP contribution in [0.25, 0.3) is 0 Å². The van der Waals surface area contributed by atoms with Crippen LogP contribution in [0.4, 0.5) is 0 Å². The van der Waals surface area contributed by atoms with Gasteiger partial charge in [-0.25, -0.2) is 0 Å². The van der Waals surface area contributed by atoms with Crippen LogP contribution in [0.5, 0.6) is 0 Å². The fraction of sp³-hybridized carbons (Fsp3) is 0.364. The van der Waals surface area contributed by atoms with Crippen LogP contribution in [-0.2, 0) is 14.2 Å². The number of hydrogen-bond donors (Lipinski definition) is 2. The standard InChI is InChI=1S/C22H21NO7/c24-17-15(10-23-20(26)13-8-4-5-9-14(13)21(23)27)29-16-11-28-22(30-19(16)18(17)25)12-6-2-1-3-7-12/h1-9,15-19,22,24-25H,10-11H2/t15-,16+,17-,18+,19+,22?/m0/s1. The summed E-state index contributed by atoms with van der Waals surface area (Å²) < 4.78 is 17.5. The zero-order valence-electron chi connectivity index (χ0n) is 16.0. The molecule has 2 amide bonds. The number of carbonyl (C=O) groups excluding carboxylic acids is 2. The minimum absolute atomic E-state index is 0.145. The molecule has 2 fully saturated rings. The van der Waals surface area contributed by atoms with E-state index in [4.69, 9.17) is 14.2 Å². The Kier molecular flexibility index (Phi) is 4.88. The predicted octanol–water partition coefficient (Wildman–Crippen LogP) is 0.886. The first-order valence-corrected chi connectivity index (χ1v) is 9.83. The summed E-state index contributed by atoms with van der Waals surface area (Å²) in [6.07, 6.45) is -5.64. The lowest BCUT2D eigenvalue weighted by atomic mass is 9.93. The summed E-state index contributed by atoms with van der Waals surface area (Å²) >= 11 is 0. The number of nitrogens with zero attached hydrogens (tertiary/aromatic N) is 1. The molecule has 2 aromatic carbocycles. The van der Waals surface area contributed by atoms with Crippen molar-refractivity contribution in [3.8, 4) is 0 Å². The molecular formula is C22H21NO7. The molecule has 3 aliphatic rings. The van der Waals surface area contributed by atoms with Gasteiger partial charge < -0.3 is 24.4 Å². The molecule has 0 bridgehead atoms. The van der Waals surface area contributed by atoms with Gasteiger partial charge in [0.15, 0.2) is 6.29 Å². The second-order valence-electron chi connectivity index (χ2n) is 7.64. The lowest BCUT2D eigenvalue weighted by Gasteiger charge is -2.47. The molecule has 3 heterocycles. The molecule has 0 saturated carbocycles. The maximum absolute atomic E-state index is 12.6. The van der Waals surface area contributed by atoms with Crippen molar-refractivity contribution in [2.45, 2.75) is 36.8 Å². The minimum Gasteiger partial charge on any atom is -0.388 e. The highest BCUT2D eigenvalue weighted by molar-refractivity contribution is 6.21. The fourth-order valence-corrected chi connectivity index (χ4v) is 4.20. The maximum atomic E-state index is 12.6. The van der Waals surface area contributed by atoms with Crippen LogP contribution in [0.1, 0.15) is 32.6 Å². The molecule has 30 heavy (non-hydrogen) atoms. The lowest BCUT2D eigenvalue weighted by molar-refractivity contribution is -0.328. The van der Waals surface area contributed by atoms with Crippen molar-refractivity contribution < 1.29 is 34.0 Å². The Hall–Kier alpha value is -2.62. The van der Waals surface area contributed by atoms with Gasteiger partial charge in [-0.15, -0.1) is 0 Å². The Morgan fingerprint density at radius 1 is 0.867 bits per heavy atom. The van der Waals surface area contributed by atoms with E-state index < -0.39 is 48.6 Å². The Morgan fingerprint density at radius 2 is 1.50 bits per heavy atom. The smallest absolute Gasteiger partial charge is 0.261 e. The highest BCUT2D eigenvalue weighted by Crippen LogP contribution is 2.35. The van der Waals surface area contributed by atoms with E-state index in [9.17, 15) is 19.8 Å². The molecule has 2 N–H and O–H groups in total. The molecule has 2 saturated heterocycles. The van der Waals surface area contributed by atoms with Gasteiger partial charge in [-0.1, -0.05) is 42.5 Å². The van der Waals surface area contributed by atoms with Crippen LogP contribution >= 0.6 is 0 Å². The van der Waals surface area contributed by atoms with Crippen LogP contribution in [0.3, 0.4) is 0 Å². The zero-order valence-corrected chi connectivity index (χ0v) is 16.0. The first kappa shape index (κ1) is 19.3. The van der Waals surface area contributed by atoms with Gasteiger partial charge in [0.05, 0.1) is 24.3 Å². The van der Waals surface area contributed by atoms with E-state index in [1.807, 2.05) is 30.3 Å². The Balaban J connectivity index is 1.30. The number of fused-ring (bicyclic) bond motifs is 2. The van der Waals surface area contributed by atoms with Crippen molar-refractivity contribution in [2.24, 2.45) is 0 Å². The third-order valence-electron chi connectivity index (χ3n) is 5.79. The van der Waals surface area contributed by atoms with E-state index in [1.165, 1.54) is 0 Å². The van der Waals surface area contributed by atoms with Crippen molar-refractivity contribution >= 4 is 11.8 Å². The molecule has 156 valence electrons. The number of carbonyl (C=O) groups is 2. The van der Waals surface area contributed by atoms with Gasteiger partial charge in [0, 0.05) is 5.56 Å². The molecule has 1 unspecified atom stereocenters. The van der Waals surface area contributed by atoms with Crippen molar-refractivity contribution in [3.05, 3.63) is 71.3 Å². The monoisotopic (exact) mass is 411 g/mol. The summed E-state index contributed by atoms with van der Waals surface area (Å²) in [4.78, 5) is 26.3. The second-order valence-corrected chi connectivity index (χ2v) is 7.64. The molecular weight excluding hydrogens is 390 g/mol. The highest BCUT2D eigenvalue weighted by atomic mass is 16.7. The molecule has 2 aromatic rings. The predicted molar refractivity (Wildman–Crippen MR) is 102 cm³/mol. The molecule has 0 spiro atoms. The van der Waals surface area contributed by atoms with Crippen molar-refractivity contribution in [2.75, 3.05) is 13.2 Å². The summed E-state index contributed by atoms with van der Waals surface area (Å²) in [7, 11) is 0. The summed E-state index contributed by atoms with van der Waals surface area (Å²) in [5.41, 5.74) is 1.44. The van der Waals surface area contributed by atoms with Crippen LogP contribution in [-0.4, -0.2) is 70.6 Å². The van der Waals surface area contributed by atoms with Crippen LogP contribution in [0.15, 0.2) is 54.6 Å². The van der Waals surface area contributed by atoms with Crippen molar-refractivity contribution in [1.82, 2.24) is 4.90 Å². The molecule has 5 rings (SSSR count). The summed E-state index contributed by atoms with van der Waals surface area (Å²) in [6, 6.07) is 15.8. The number of benzene rings is 2. The number of aliphatic hydroxyl groups excluding tert-OH is 2. The Labute approximate surface area is 172 Å². The average Bonchev–Trinajstić information content (AvgIpc) is 3.02. The quantitative estimate of drug-likeness (QED) is 0.723. The molecule has 8 heteroatoms. The van der Waals surface area contributed by atoms with Gasteiger partial charge in [0.1, 0.15) is 30.5 Å². The van der Waals surface area contributed by atoms with E-state index in [0.29, 0.717) is 11.1 Å². The molecule has 3 aliphatic heterocycles. The van der Waals surface area contributed by atoms with Crippen LogP contribution in [0, 0.1) is 0 Å². The number of ether oxygens (including phenoxy) is 3. The van der Waals surface area contributed by atoms with Gasteiger partial charge in [-0.3, -0.25) is 14.5 Å². The third kappa shape index (κ3) is 3.13. The summed E-state index contributed by atoms with van der Waals surface area (Å²) in [5.74, 6) is -0.883. The maximum Gasteiger partial charge on any atom is 0.261 e. The SMILES string of the molecule is O=C1c2ccccc2C(=O)N1C[C@@H]1O[C@@H]2COC(c3ccccc3)O[C@H]2[C@H](O)[C@H]1O. The number of hydrogen-bond acceptors (Lipinski definition) is 7. The van der Waals surface area contributed by atoms with E-state index in [0.717, 1.165) is 10.5 Å². The summed E-state index contributed by atoms with van der Waals surface area (Å²) in [5, 5.41) is 21.3.